The molecule has 0 unspecified atom stereocenters. The number of alkyl halides is 2. The van der Waals surface area contributed by atoms with Crippen LogP contribution in [-0.4, -0.2) is 30.8 Å². The summed E-state index contributed by atoms with van der Waals surface area (Å²) in [5.74, 6) is -1.12. The molecule has 0 fully saturated rings. The minimum atomic E-state index is -5.85. The number of esters is 1. The maximum atomic E-state index is 12.7. The minimum Gasteiger partial charge on any atom is -0.743 e. The summed E-state index contributed by atoms with van der Waals surface area (Å²) in [6, 6.07) is 5.98. The average Bonchev–Trinajstić information content (AvgIpc) is 2.25. The Labute approximate surface area is 115 Å². The molecule has 0 aliphatic rings. The van der Waals surface area contributed by atoms with Crippen LogP contribution in [0.15, 0.2) is 24.3 Å². The molecule has 0 saturated carbocycles. The molecule has 1 rings (SSSR count). The summed E-state index contributed by atoms with van der Waals surface area (Å²) >= 11 is 1.78. The van der Waals surface area contributed by atoms with Gasteiger partial charge in [-0.1, -0.05) is 12.1 Å². The Bertz CT molecular complexity index is 558. The number of halogens is 3. The summed E-state index contributed by atoms with van der Waals surface area (Å²) in [6.45, 7) is -1.80. The fourth-order valence-corrected chi connectivity index (χ4v) is 1.74. The van der Waals surface area contributed by atoms with Gasteiger partial charge in [0.05, 0.1) is 5.56 Å². The van der Waals surface area contributed by atoms with Crippen LogP contribution in [0, 0.1) is 3.57 Å². The van der Waals surface area contributed by atoms with E-state index in [1.54, 1.807) is 34.7 Å². The number of carbonyl (C=O) groups is 1. The molecule has 0 N–H and O–H groups in total. The second-order valence-corrected chi connectivity index (χ2v) is 5.82. The molecule has 0 aliphatic carbocycles. The molecule has 1 aromatic carbocycles. The largest absolute Gasteiger partial charge is 0.743 e. The van der Waals surface area contributed by atoms with Crippen molar-refractivity contribution in [3.63, 3.8) is 0 Å². The molecule has 5 nitrogen and oxygen atoms in total. The molecule has 0 atom stereocenters. The zero-order valence-electron chi connectivity index (χ0n) is 8.60. The van der Waals surface area contributed by atoms with Gasteiger partial charge in [-0.15, -0.1) is 0 Å². The second-order valence-electron chi connectivity index (χ2n) is 3.15. The summed E-state index contributed by atoms with van der Waals surface area (Å²) < 4.78 is 60.5. The zero-order valence-corrected chi connectivity index (χ0v) is 11.6. The highest BCUT2D eigenvalue weighted by Crippen LogP contribution is 2.21. The molecule has 1 aromatic rings. The standard InChI is InChI=1S/C9H7F2IO5S/c10-9(11,18(14,15)16)5-17-8(13)6-3-1-2-4-7(6)12/h1-4H,5H2,(H,14,15,16)/p-1. The molecule has 0 spiro atoms. The quantitative estimate of drug-likeness (QED) is 0.442. The first-order valence-electron chi connectivity index (χ1n) is 4.40. The zero-order chi connectivity index (χ0) is 14.0. The van der Waals surface area contributed by atoms with Crippen molar-refractivity contribution in [3.8, 4) is 0 Å². The molecule has 0 radical (unpaired) electrons. The van der Waals surface area contributed by atoms with E-state index < -0.39 is 27.9 Å². The highest BCUT2D eigenvalue weighted by Gasteiger charge is 2.39. The summed E-state index contributed by atoms with van der Waals surface area (Å²) in [7, 11) is -5.85. The molecular formula is C9H6F2IO5S-. The van der Waals surface area contributed by atoms with Crippen LogP contribution >= 0.6 is 22.6 Å². The van der Waals surface area contributed by atoms with Gasteiger partial charge in [0.25, 0.3) is 0 Å². The van der Waals surface area contributed by atoms with Gasteiger partial charge in [0.2, 0.25) is 0 Å². The maximum Gasteiger partial charge on any atom is 0.367 e. The predicted molar refractivity (Wildman–Crippen MR) is 64.1 cm³/mol. The van der Waals surface area contributed by atoms with Crippen molar-refractivity contribution < 1.29 is 31.3 Å². The van der Waals surface area contributed by atoms with Crippen molar-refractivity contribution in [3.05, 3.63) is 33.4 Å². The second kappa shape index (κ2) is 5.45. The molecule has 18 heavy (non-hydrogen) atoms. The molecule has 0 aliphatic heterocycles. The lowest BCUT2D eigenvalue weighted by molar-refractivity contribution is -0.0100. The van der Waals surface area contributed by atoms with Crippen LogP contribution in [0.2, 0.25) is 0 Å². The third kappa shape index (κ3) is 3.59. The van der Waals surface area contributed by atoms with Gasteiger partial charge < -0.3 is 9.29 Å². The van der Waals surface area contributed by atoms with Crippen molar-refractivity contribution in [1.82, 2.24) is 0 Å². The van der Waals surface area contributed by atoms with E-state index in [1.165, 1.54) is 12.1 Å². The van der Waals surface area contributed by atoms with Crippen LogP contribution in [0.3, 0.4) is 0 Å². The number of hydrogen-bond donors (Lipinski definition) is 0. The van der Waals surface area contributed by atoms with Crippen molar-refractivity contribution in [1.29, 1.82) is 0 Å². The lowest BCUT2D eigenvalue weighted by atomic mass is 10.2. The fraction of sp³-hybridized carbons (Fsp3) is 0.222. The van der Waals surface area contributed by atoms with Gasteiger partial charge in [-0.05, 0) is 34.7 Å². The van der Waals surface area contributed by atoms with E-state index in [9.17, 15) is 26.5 Å². The Morgan fingerprint density at radius 2 is 1.94 bits per heavy atom. The minimum absolute atomic E-state index is 0.0113. The lowest BCUT2D eigenvalue weighted by Gasteiger charge is -2.19. The monoisotopic (exact) mass is 391 g/mol. The number of ether oxygens (including phenoxy) is 1. The van der Waals surface area contributed by atoms with Gasteiger partial charge in [0.1, 0.15) is 0 Å². The summed E-state index contributed by atoms with van der Waals surface area (Å²) in [6.07, 6.45) is 0. The van der Waals surface area contributed by atoms with Crippen molar-refractivity contribution in [2.45, 2.75) is 5.25 Å². The Morgan fingerprint density at radius 3 is 2.44 bits per heavy atom. The van der Waals surface area contributed by atoms with Crippen LogP contribution in [0.1, 0.15) is 10.4 Å². The predicted octanol–water partition coefficient (Wildman–Crippen LogP) is 1.59. The summed E-state index contributed by atoms with van der Waals surface area (Å²) in [5.41, 5.74) is 0.0113. The van der Waals surface area contributed by atoms with Crippen LogP contribution < -0.4 is 0 Å². The van der Waals surface area contributed by atoms with Crippen LogP contribution in [0.5, 0.6) is 0 Å². The molecule has 0 amide bonds. The highest BCUT2D eigenvalue weighted by molar-refractivity contribution is 14.1. The Hall–Kier alpha value is -0.810. The molecular weight excluding hydrogens is 385 g/mol. The van der Waals surface area contributed by atoms with Crippen molar-refractivity contribution in [2.24, 2.45) is 0 Å². The topological polar surface area (TPSA) is 83.5 Å². The summed E-state index contributed by atoms with van der Waals surface area (Å²) in [4.78, 5) is 11.4. The Balaban J connectivity index is 2.77. The van der Waals surface area contributed by atoms with Gasteiger partial charge in [0.15, 0.2) is 16.7 Å². The highest BCUT2D eigenvalue weighted by atomic mass is 127. The molecule has 0 aromatic heterocycles. The molecule has 0 bridgehead atoms. The molecule has 0 saturated heterocycles. The van der Waals surface area contributed by atoms with E-state index in [2.05, 4.69) is 4.74 Å². The SMILES string of the molecule is O=C(OCC(F)(F)S(=O)(=O)[O-])c1ccccc1I. The summed E-state index contributed by atoms with van der Waals surface area (Å²) in [5, 5.41) is -4.64. The first-order valence-corrected chi connectivity index (χ1v) is 6.89. The fourth-order valence-electron chi connectivity index (χ4n) is 0.926. The van der Waals surface area contributed by atoms with Gasteiger partial charge in [0, 0.05) is 3.57 Å². The number of hydrogen-bond acceptors (Lipinski definition) is 5. The molecule has 100 valence electrons. The first kappa shape index (κ1) is 15.2. The third-order valence-electron chi connectivity index (χ3n) is 1.83. The van der Waals surface area contributed by atoms with E-state index in [1.807, 2.05) is 0 Å². The van der Waals surface area contributed by atoms with Crippen molar-refractivity contribution >= 4 is 38.7 Å². The van der Waals surface area contributed by atoms with E-state index >= 15 is 0 Å². The van der Waals surface area contributed by atoms with E-state index in [0.717, 1.165) is 0 Å². The molecule has 9 heteroatoms. The van der Waals surface area contributed by atoms with Gasteiger partial charge in [-0.2, -0.15) is 8.78 Å². The smallest absolute Gasteiger partial charge is 0.367 e. The van der Waals surface area contributed by atoms with E-state index in [-0.39, 0.29) is 5.56 Å². The van der Waals surface area contributed by atoms with Crippen LogP contribution in [0.25, 0.3) is 0 Å². The van der Waals surface area contributed by atoms with Crippen LogP contribution in [-0.2, 0) is 14.9 Å². The van der Waals surface area contributed by atoms with E-state index in [4.69, 9.17) is 0 Å². The van der Waals surface area contributed by atoms with Crippen LogP contribution in [0.4, 0.5) is 8.78 Å². The van der Waals surface area contributed by atoms with Gasteiger partial charge in [-0.25, -0.2) is 13.2 Å². The third-order valence-corrected chi connectivity index (χ3v) is 3.62. The normalized spacial score (nSPS) is 12.2. The van der Waals surface area contributed by atoms with Crippen molar-refractivity contribution in [2.75, 3.05) is 6.61 Å². The first-order chi connectivity index (χ1) is 8.15. The average molecular weight is 391 g/mol. The lowest BCUT2D eigenvalue weighted by Crippen LogP contribution is -2.34. The maximum absolute atomic E-state index is 12.7. The molecule has 0 heterocycles. The number of rotatable bonds is 4. The number of benzene rings is 1. The van der Waals surface area contributed by atoms with E-state index in [0.29, 0.717) is 3.57 Å². The Morgan fingerprint density at radius 1 is 1.39 bits per heavy atom. The van der Waals surface area contributed by atoms with Gasteiger partial charge >= 0.3 is 11.2 Å². The van der Waals surface area contributed by atoms with Gasteiger partial charge in [-0.3, -0.25) is 0 Å². The Kier molecular flexibility index (Phi) is 4.61. The number of carbonyl (C=O) groups excluding carboxylic acids is 1.